The number of Topliss-reactive ketones (excluding diaryl/α,β-unsaturated/α-hetero) is 1. The molecule has 178 valence electrons. The molecule has 6 heteroatoms. The first-order valence-corrected chi connectivity index (χ1v) is 11.5. The summed E-state index contributed by atoms with van der Waals surface area (Å²) in [5.74, 6) is -1.68. The number of rotatable bonds is 5. The molecule has 0 spiro atoms. The molecule has 0 saturated carbocycles. The van der Waals surface area contributed by atoms with Gasteiger partial charge in [0, 0.05) is 22.6 Å². The van der Waals surface area contributed by atoms with Crippen molar-refractivity contribution in [1.82, 2.24) is 0 Å². The minimum atomic E-state index is -0.861. The van der Waals surface area contributed by atoms with Crippen molar-refractivity contribution in [3.8, 4) is 5.75 Å². The van der Waals surface area contributed by atoms with Gasteiger partial charge in [0.25, 0.3) is 11.7 Å². The summed E-state index contributed by atoms with van der Waals surface area (Å²) in [4.78, 5) is 27.9. The Kier molecular flexibility index (Phi) is 6.00. The number of carbonyl (C=O) groups is 2. The number of hydrogen-bond acceptors (Lipinski definition) is 5. The van der Waals surface area contributed by atoms with Gasteiger partial charge >= 0.3 is 0 Å². The van der Waals surface area contributed by atoms with Crippen molar-refractivity contribution in [2.24, 2.45) is 0 Å². The topological polar surface area (TPSA) is 89.9 Å². The lowest BCUT2D eigenvalue weighted by Gasteiger charge is -2.25. The molecule has 1 atom stereocenters. The number of benzene rings is 4. The summed E-state index contributed by atoms with van der Waals surface area (Å²) in [5.41, 5.74) is 4.30. The number of phenols is 1. The SMILES string of the molecule is Cc1ccc(/C(O)=C2\C(=O)C(=O)N(c3ccc(Nc4ccccc4)cc3)C2c2ccc(O)cc2)cc1. The van der Waals surface area contributed by atoms with Crippen LogP contribution in [0.4, 0.5) is 17.1 Å². The maximum Gasteiger partial charge on any atom is 0.300 e. The fourth-order valence-corrected chi connectivity index (χ4v) is 4.33. The van der Waals surface area contributed by atoms with E-state index in [2.05, 4.69) is 5.32 Å². The molecule has 1 aliphatic rings. The Balaban J connectivity index is 1.58. The van der Waals surface area contributed by atoms with E-state index in [-0.39, 0.29) is 17.1 Å². The summed E-state index contributed by atoms with van der Waals surface area (Å²) >= 11 is 0. The molecule has 1 amide bonds. The molecule has 1 unspecified atom stereocenters. The van der Waals surface area contributed by atoms with E-state index in [0.29, 0.717) is 16.8 Å². The number of nitrogens with zero attached hydrogens (tertiary/aromatic N) is 1. The number of aromatic hydroxyl groups is 1. The van der Waals surface area contributed by atoms with Crippen molar-refractivity contribution in [3.05, 3.63) is 125 Å². The molecule has 1 saturated heterocycles. The van der Waals surface area contributed by atoms with Crippen LogP contribution in [0.5, 0.6) is 5.75 Å². The largest absolute Gasteiger partial charge is 0.508 e. The Morgan fingerprint density at radius 2 is 1.39 bits per heavy atom. The maximum atomic E-state index is 13.3. The first-order valence-electron chi connectivity index (χ1n) is 11.5. The van der Waals surface area contributed by atoms with Crippen molar-refractivity contribution in [1.29, 1.82) is 0 Å². The van der Waals surface area contributed by atoms with Crippen molar-refractivity contribution in [2.45, 2.75) is 13.0 Å². The molecule has 1 fully saturated rings. The molecule has 0 aromatic heterocycles. The second-order valence-corrected chi connectivity index (χ2v) is 8.66. The van der Waals surface area contributed by atoms with Crippen LogP contribution in [0.1, 0.15) is 22.7 Å². The van der Waals surface area contributed by atoms with Crippen LogP contribution in [0.2, 0.25) is 0 Å². The van der Waals surface area contributed by atoms with Crippen molar-refractivity contribution in [2.75, 3.05) is 10.2 Å². The molecule has 6 nitrogen and oxygen atoms in total. The van der Waals surface area contributed by atoms with E-state index in [1.54, 1.807) is 36.4 Å². The van der Waals surface area contributed by atoms with E-state index in [0.717, 1.165) is 16.9 Å². The summed E-state index contributed by atoms with van der Waals surface area (Å²) < 4.78 is 0. The van der Waals surface area contributed by atoms with Gasteiger partial charge in [0.15, 0.2) is 0 Å². The highest BCUT2D eigenvalue weighted by Crippen LogP contribution is 2.42. The predicted molar refractivity (Wildman–Crippen MR) is 140 cm³/mol. The highest BCUT2D eigenvalue weighted by molar-refractivity contribution is 6.51. The van der Waals surface area contributed by atoms with E-state index in [1.807, 2.05) is 61.5 Å². The fourth-order valence-electron chi connectivity index (χ4n) is 4.33. The molecule has 5 rings (SSSR count). The average molecular weight is 477 g/mol. The molecule has 1 aliphatic heterocycles. The van der Waals surface area contributed by atoms with Crippen molar-refractivity contribution in [3.63, 3.8) is 0 Å². The summed E-state index contributed by atoms with van der Waals surface area (Å²) in [6, 6.07) is 29.4. The lowest BCUT2D eigenvalue weighted by atomic mass is 9.95. The monoisotopic (exact) mass is 476 g/mol. The van der Waals surface area contributed by atoms with E-state index in [9.17, 15) is 19.8 Å². The molecule has 0 aliphatic carbocycles. The minimum Gasteiger partial charge on any atom is -0.508 e. The Hall–Kier alpha value is -4.84. The van der Waals surface area contributed by atoms with Gasteiger partial charge in [0.05, 0.1) is 11.6 Å². The van der Waals surface area contributed by atoms with E-state index < -0.39 is 17.7 Å². The Labute approximate surface area is 208 Å². The second kappa shape index (κ2) is 9.43. The predicted octanol–water partition coefficient (Wildman–Crippen LogP) is 6.07. The molecule has 4 aromatic rings. The smallest absolute Gasteiger partial charge is 0.300 e. The number of phenolic OH excluding ortho intramolecular Hbond substituents is 1. The number of amides is 1. The van der Waals surface area contributed by atoms with Crippen molar-refractivity contribution >= 4 is 34.5 Å². The first-order chi connectivity index (χ1) is 17.4. The average Bonchev–Trinajstić information content (AvgIpc) is 3.16. The normalized spacial score (nSPS) is 16.8. The highest BCUT2D eigenvalue weighted by Gasteiger charge is 2.46. The molecule has 0 bridgehead atoms. The van der Waals surface area contributed by atoms with Gasteiger partial charge in [-0.25, -0.2) is 0 Å². The molecule has 36 heavy (non-hydrogen) atoms. The third kappa shape index (κ3) is 4.32. The zero-order valence-corrected chi connectivity index (χ0v) is 19.6. The standard InChI is InChI=1S/C30H24N2O4/c1-19-7-9-21(10-8-19)28(34)26-27(20-11-17-25(33)18-12-20)32(30(36)29(26)35)24-15-13-23(14-16-24)31-22-5-3-2-4-6-22/h2-18,27,31,33-34H,1H3/b28-26+. The Morgan fingerprint density at radius 1 is 0.778 bits per heavy atom. The molecule has 4 aromatic carbocycles. The van der Waals surface area contributed by atoms with Gasteiger partial charge in [-0.2, -0.15) is 0 Å². The molecule has 3 N–H and O–H groups in total. The maximum absolute atomic E-state index is 13.3. The zero-order valence-electron chi connectivity index (χ0n) is 19.6. The number of anilines is 3. The highest BCUT2D eigenvalue weighted by atomic mass is 16.3. The van der Waals surface area contributed by atoms with E-state index in [4.69, 9.17) is 0 Å². The van der Waals surface area contributed by atoms with Gasteiger partial charge in [-0.05, 0) is 61.0 Å². The van der Waals surface area contributed by atoms with Gasteiger partial charge in [-0.3, -0.25) is 14.5 Å². The minimum absolute atomic E-state index is 0.000954. The van der Waals surface area contributed by atoms with E-state index >= 15 is 0 Å². The van der Waals surface area contributed by atoms with Gasteiger partial charge in [0.2, 0.25) is 0 Å². The van der Waals surface area contributed by atoms with Crippen LogP contribution in [0.25, 0.3) is 5.76 Å². The summed E-state index contributed by atoms with van der Waals surface area (Å²) in [7, 11) is 0. The second-order valence-electron chi connectivity index (χ2n) is 8.66. The number of nitrogens with one attached hydrogen (secondary N) is 1. The van der Waals surface area contributed by atoms with Crippen LogP contribution in [0.15, 0.2) is 109 Å². The van der Waals surface area contributed by atoms with Gasteiger partial charge in [0.1, 0.15) is 11.5 Å². The number of hydrogen-bond donors (Lipinski definition) is 3. The third-order valence-corrected chi connectivity index (χ3v) is 6.19. The summed E-state index contributed by atoms with van der Waals surface area (Å²) in [6.45, 7) is 1.93. The number of para-hydroxylation sites is 1. The Bertz CT molecular complexity index is 1440. The lowest BCUT2D eigenvalue weighted by molar-refractivity contribution is -0.132. The van der Waals surface area contributed by atoms with E-state index in [1.165, 1.54) is 17.0 Å². The van der Waals surface area contributed by atoms with Crippen LogP contribution in [-0.2, 0) is 9.59 Å². The Morgan fingerprint density at radius 3 is 2.03 bits per heavy atom. The molecular formula is C30H24N2O4. The first kappa shape index (κ1) is 22.9. The number of carbonyl (C=O) groups excluding carboxylic acids is 2. The number of aliphatic hydroxyl groups is 1. The van der Waals surface area contributed by atoms with Gasteiger partial charge in [-0.1, -0.05) is 60.2 Å². The van der Waals surface area contributed by atoms with Crippen LogP contribution < -0.4 is 10.2 Å². The van der Waals surface area contributed by atoms with Crippen LogP contribution in [-0.4, -0.2) is 21.9 Å². The zero-order chi connectivity index (χ0) is 25.2. The van der Waals surface area contributed by atoms with Gasteiger partial charge < -0.3 is 15.5 Å². The lowest BCUT2D eigenvalue weighted by Crippen LogP contribution is -2.29. The molecule has 0 radical (unpaired) electrons. The van der Waals surface area contributed by atoms with Crippen LogP contribution >= 0.6 is 0 Å². The fraction of sp³-hybridized carbons (Fsp3) is 0.0667. The summed E-state index contributed by atoms with van der Waals surface area (Å²) in [5, 5.41) is 24.3. The van der Waals surface area contributed by atoms with Crippen LogP contribution in [0.3, 0.4) is 0 Å². The molecular weight excluding hydrogens is 452 g/mol. The summed E-state index contributed by atoms with van der Waals surface area (Å²) in [6.07, 6.45) is 0. The molecule has 1 heterocycles. The van der Waals surface area contributed by atoms with Crippen LogP contribution in [0, 0.1) is 6.92 Å². The number of aryl methyl sites for hydroxylation is 1. The van der Waals surface area contributed by atoms with Gasteiger partial charge in [-0.15, -0.1) is 0 Å². The number of ketones is 1. The van der Waals surface area contributed by atoms with Crippen molar-refractivity contribution < 1.29 is 19.8 Å². The quantitative estimate of drug-likeness (QED) is 0.185. The number of aliphatic hydroxyl groups excluding tert-OH is 1. The third-order valence-electron chi connectivity index (χ3n) is 6.19.